The number of carbonyl (C=O) groups excluding carboxylic acids is 2. The van der Waals surface area contributed by atoms with E-state index in [0.29, 0.717) is 43.2 Å². The smallest absolute Gasteiger partial charge is 0.270 e. The van der Waals surface area contributed by atoms with Crippen LogP contribution in [0.25, 0.3) is 5.69 Å². The van der Waals surface area contributed by atoms with E-state index in [-0.39, 0.29) is 11.8 Å². The first-order chi connectivity index (χ1) is 22.9. The monoisotopic (exact) mass is 636 g/mol. The Kier molecular flexibility index (Phi) is 8.90. The minimum absolute atomic E-state index is 0.0530. The molecule has 10 nitrogen and oxygen atoms in total. The topological polar surface area (TPSA) is 75.4 Å². The van der Waals surface area contributed by atoms with E-state index in [1.807, 2.05) is 64.4 Å². The lowest BCUT2D eigenvalue weighted by molar-refractivity contribution is 0.0292. The van der Waals surface area contributed by atoms with E-state index < -0.39 is 0 Å². The van der Waals surface area contributed by atoms with Gasteiger partial charge in [0.1, 0.15) is 11.4 Å². The van der Waals surface area contributed by atoms with E-state index in [0.717, 1.165) is 86.5 Å². The number of carbonyl (C=O) groups is 2. The molecule has 7 rings (SSSR count). The zero-order valence-electron chi connectivity index (χ0n) is 27.7. The Bertz CT molecular complexity index is 1740. The first kappa shape index (κ1) is 31.2. The van der Waals surface area contributed by atoms with Crippen LogP contribution in [0.15, 0.2) is 66.7 Å². The van der Waals surface area contributed by atoms with Crippen molar-refractivity contribution in [1.82, 2.24) is 23.8 Å². The number of anilines is 1. The van der Waals surface area contributed by atoms with Gasteiger partial charge >= 0.3 is 0 Å². The molecule has 3 aliphatic rings. The second kappa shape index (κ2) is 13.4. The lowest BCUT2D eigenvalue weighted by atomic mass is 10.1. The Balaban J connectivity index is 1.09. The summed E-state index contributed by atoms with van der Waals surface area (Å²) in [5.74, 6) is 0.579. The molecule has 0 aliphatic carbocycles. The molecule has 4 aromatic rings. The number of morpholine rings is 1. The molecule has 2 fully saturated rings. The largest absolute Gasteiger partial charge is 0.495 e. The van der Waals surface area contributed by atoms with E-state index in [1.54, 1.807) is 7.11 Å². The maximum absolute atomic E-state index is 14.3. The zero-order chi connectivity index (χ0) is 32.5. The van der Waals surface area contributed by atoms with Crippen LogP contribution >= 0.6 is 0 Å². The highest BCUT2D eigenvalue weighted by Gasteiger charge is 2.30. The van der Waals surface area contributed by atoms with Gasteiger partial charge in [-0.3, -0.25) is 19.4 Å². The number of aryl methyl sites for hydroxylation is 2. The quantitative estimate of drug-likeness (QED) is 0.303. The van der Waals surface area contributed by atoms with Crippen molar-refractivity contribution in [2.75, 3.05) is 77.6 Å². The summed E-state index contributed by atoms with van der Waals surface area (Å²) in [5, 5.41) is 0. The van der Waals surface area contributed by atoms with Gasteiger partial charge in [0.2, 0.25) is 0 Å². The number of hydrogen-bond acceptors (Lipinski definition) is 6. The molecule has 0 saturated carbocycles. The number of amides is 2. The van der Waals surface area contributed by atoms with Crippen LogP contribution in [0, 0.1) is 13.8 Å². The lowest BCUT2D eigenvalue weighted by Crippen LogP contribution is -2.51. The van der Waals surface area contributed by atoms with Crippen molar-refractivity contribution in [1.29, 1.82) is 0 Å². The molecule has 2 amide bonds. The number of nitrogens with zero attached hydrogens (tertiary/aromatic N) is 6. The molecule has 246 valence electrons. The molecule has 3 aliphatic heterocycles. The van der Waals surface area contributed by atoms with Crippen LogP contribution in [-0.2, 0) is 17.8 Å². The zero-order valence-corrected chi connectivity index (χ0v) is 27.7. The number of hydrogen-bond donors (Lipinski definition) is 0. The van der Waals surface area contributed by atoms with Gasteiger partial charge in [0, 0.05) is 80.7 Å². The van der Waals surface area contributed by atoms with Crippen LogP contribution in [0.5, 0.6) is 5.75 Å². The minimum Gasteiger partial charge on any atom is -0.495 e. The standard InChI is InChI=1S/C37H44N6O4/c1-27-8-9-28(2)43(27)33-12-10-29(24-35(33)46-3)36(44)42-26-31-11-13-34(41(31)25-30-6-4-5-7-32(30)42)37(45)40-18-16-38(17-19-40)14-15-39-20-22-47-23-21-39/h4-13,24H,14-23,25-26H2,1-3H3. The molecular weight excluding hydrogens is 592 g/mol. The average Bonchev–Trinajstić information content (AvgIpc) is 3.61. The Morgan fingerprint density at radius 3 is 2.17 bits per heavy atom. The Morgan fingerprint density at radius 1 is 0.745 bits per heavy atom. The van der Waals surface area contributed by atoms with Crippen LogP contribution in [0.4, 0.5) is 5.69 Å². The first-order valence-corrected chi connectivity index (χ1v) is 16.6. The fourth-order valence-corrected chi connectivity index (χ4v) is 7.17. The van der Waals surface area contributed by atoms with Crippen molar-refractivity contribution in [3.63, 3.8) is 0 Å². The van der Waals surface area contributed by atoms with E-state index in [1.165, 1.54) is 0 Å². The van der Waals surface area contributed by atoms with Crippen LogP contribution in [-0.4, -0.2) is 108 Å². The van der Waals surface area contributed by atoms with Gasteiger partial charge in [-0.1, -0.05) is 18.2 Å². The third-order valence-electron chi connectivity index (χ3n) is 9.90. The number of para-hydroxylation sites is 1. The normalized spacial score (nSPS) is 17.3. The summed E-state index contributed by atoms with van der Waals surface area (Å²) < 4.78 is 15.5. The van der Waals surface area contributed by atoms with Gasteiger partial charge in [-0.2, -0.15) is 0 Å². The van der Waals surface area contributed by atoms with Crippen molar-refractivity contribution >= 4 is 17.5 Å². The van der Waals surface area contributed by atoms with E-state index in [2.05, 4.69) is 44.9 Å². The molecule has 0 spiro atoms. The van der Waals surface area contributed by atoms with Gasteiger partial charge in [0.25, 0.3) is 11.8 Å². The Hall–Kier alpha value is -4.38. The van der Waals surface area contributed by atoms with Gasteiger partial charge < -0.3 is 28.4 Å². The first-order valence-electron chi connectivity index (χ1n) is 16.6. The summed E-state index contributed by atoms with van der Waals surface area (Å²) in [5.41, 5.74) is 7.10. The van der Waals surface area contributed by atoms with Gasteiger partial charge in [0.15, 0.2) is 0 Å². The summed E-state index contributed by atoms with van der Waals surface area (Å²) >= 11 is 0. The van der Waals surface area contributed by atoms with Crippen LogP contribution < -0.4 is 9.64 Å². The van der Waals surface area contributed by atoms with Crippen molar-refractivity contribution < 1.29 is 19.1 Å². The maximum atomic E-state index is 14.3. The Morgan fingerprint density at radius 2 is 1.45 bits per heavy atom. The Labute approximate surface area is 276 Å². The van der Waals surface area contributed by atoms with Crippen LogP contribution in [0.2, 0.25) is 0 Å². The minimum atomic E-state index is -0.112. The molecule has 0 atom stereocenters. The predicted molar refractivity (Wildman–Crippen MR) is 182 cm³/mol. The number of methoxy groups -OCH3 is 1. The van der Waals surface area contributed by atoms with Gasteiger partial charge in [-0.25, -0.2) is 0 Å². The van der Waals surface area contributed by atoms with E-state index >= 15 is 0 Å². The van der Waals surface area contributed by atoms with E-state index in [9.17, 15) is 9.59 Å². The van der Waals surface area contributed by atoms with Crippen LogP contribution in [0.1, 0.15) is 43.5 Å². The summed E-state index contributed by atoms with van der Waals surface area (Å²) in [4.78, 5) is 36.9. The number of fused-ring (bicyclic) bond motifs is 2. The molecular formula is C37H44N6O4. The third-order valence-corrected chi connectivity index (χ3v) is 9.90. The third kappa shape index (κ3) is 6.20. The molecule has 2 aromatic carbocycles. The highest BCUT2D eigenvalue weighted by atomic mass is 16.5. The average molecular weight is 637 g/mol. The van der Waals surface area contributed by atoms with Gasteiger partial charge in [-0.05, 0) is 67.9 Å². The van der Waals surface area contributed by atoms with Crippen molar-refractivity contribution in [2.24, 2.45) is 0 Å². The molecule has 0 bridgehead atoms. The summed E-state index contributed by atoms with van der Waals surface area (Å²) in [6, 6.07) is 21.7. The fraction of sp³-hybridized carbons (Fsp3) is 0.405. The van der Waals surface area contributed by atoms with Crippen LogP contribution in [0.3, 0.4) is 0 Å². The van der Waals surface area contributed by atoms with Gasteiger partial charge in [-0.15, -0.1) is 0 Å². The highest BCUT2D eigenvalue weighted by Crippen LogP contribution is 2.33. The number of ether oxygens (including phenoxy) is 2. The number of rotatable bonds is 7. The summed E-state index contributed by atoms with van der Waals surface area (Å²) in [7, 11) is 1.64. The highest BCUT2D eigenvalue weighted by molar-refractivity contribution is 6.07. The van der Waals surface area contributed by atoms with Crippen molar-refractivity contribution in [2.45, 2.75) is 26.9 Å². The molecule has 0 radical (unpaired) electrons. The molecule has 0 unspecified atom stereocenters. The molecule has 5 heterocycles. The molecule has 2 saturated heterocycles. The molecule has 0 N–H and O–H groups in total. The number of benzene rings is 2. The summed E-state index contributed by atoms with van der Waals surface area (Å²) in [6.07, 6.45) is 0. The fourth-order valence-electron chi connectivity index (χ4n) is 7.17. The summed E-state index contributed by atoms with van der Waals surface area (Å²) in [6.45, 7) is 13.9. The second-order valence-electron chi connectivity index (χ2n) is 12.7. The molecule has 10 heteroatoms. The molecule has 2 aromatic heterocycles. The maximum Gasteiger partial charge on any atom is 0.270 e. The molecule has 47 heavy (non-hydrogen) atoms. The van der Waals surface area contributed by atoms with Crippen molar-refractivity contribution in [3.05, 3.63) is 101 Å². The second-order valence-corrected chi connectivity index (χ2v) is 12.7. The predicted octanol–water partition coefficient (Wildman–Crippen LogP) is 4.20. The van der Waals surface area contributed by atoms with Crippen molar-refractivity contribution in [3.8, 4) is 11.4 Å². The number of piperazine rings is 1. The SMILES string of the molecule is COc1cc(C(=O)N2Cc3ccc(C(=O)N4CCN(CCN5CCOCC5)CC4)n3Cc3ccccc32)ccc1-n1c(C)ccc1C. The van der Waals surface area contributed by atoms with Gasteiger partial charge in [0.05, 0.1) is 39.1 Å². The number of aromatic nitrogens is 2. The lowest BCUT2D eigenvalue weighted by Gasteiger charge is -2.36. The van der Waals surface area contributed by atoms with E-state index in [4.69, 9.17) is 9.47 Å².